The molecule has 1 aliphatic rings. The smallest absolute Gasteiger partial charge is 0.227 e. The molecule has 1 unspecified atom stereocenters. The molecule has 1 aromatic carbocycles. The molecule has 0 radical (unpaired) electrons. The lowest BCUT2D eigenvalue weighted by Crippen LogP contribution is -2.32. The third kappa shape index (κ3) is 3.14. The number of hydrogen-bond acceptors (Lipinski definition) is 6. The summed E-state index contributed by atoms with van der Waals surface area (Å²) in [4.78, 5) is 27.9. The number of aromatic amines is 1. The van der Waals surface area contributed by atoms with Crippen molar-refractivity contribution in [3.05, 3.63) is 59.5 Å². The molecular formula is C22H22N6O2. The van der Waals surface area contributed by atoms with E-state index in [1.807, 2.05) is 17.9 Å². The van der Waals surface area contributed by atoms with Gasteiger partial charge in [-0.3, -0.25) is 14.9 Å². The van der Waals surface area contributed by atoms with Crippen LogP contribution in [0.3, 0.4) is 0 Å². The van der Waals surface area contributed by atoms with Crippen LogP contribution in [-0.2, 0) is 11.2 Å². The fraction of sp³-hybridized carbons (Fsp3) is 0.318. The Labute approximate surface area is 173 Å². The molecule has 0 bridgehead atoms. The van der Waals surface area contributed by atoms with Crippen LogP contribution in [0.25, 0.3) is 22.5 Å². The van der Waals surface area contributed by atoms with Gasteiger partial charge in [0.05, 0.1) is 24.9 Å². The molecule has 1 amide bonds. The minimum atomic E-state index is -0.113. The van der Waals surface area contributed by atoms with Crippen LogP contribution in [-0.4, -0.2) is 42.5 Å². The number of furan rings is 1. The first-order chi connectivity index (χ1) is 14.6. The Kier molecular flexibility index (Phi) is 4.54. The van der Waals surface area contributed by atoms with E-state index in [4.69, 9.17) is 4.42 Å². The number of hydrogen-bond donors (Lipinski definition) is 1. The number of aromatic nitrogens is 5. The van der Waals surface area contributed by atoms with Crippen molar-refractivity contribution < 1.29 is 9.21 Å². The summed E-state index contributed by atoms with van der Waals surface area (Å²) in [5, 5.41) is 8.27. The van der Waals surface area contributed by atoms with Gasteiger partial charge in [-0.1, -0.05) is 12.1 Å². The zero-order valence-corrected chi connectivity index (χ0v) is 16.9. The maximum absolute atomic E-state index is 13.2. The molecule has 0 aliphatic carbocycles. The van der Waals surface area contributed by atoms with Crippen molar-refractivity contribution in [1.29, 1.82) is 0 Å². The highest BCUT2D eigenvalue weighted by molar-refractivity contribution is 5.89. The van der Waals surface area contributed by atoms with Gasteiger partial charge < -0.3 is 9.32 Å². The van der Waals surface area contributed by atoms with Crippen LogP contribution >= 0.6 is 0 Å². The number of aryl methyl sites for hydroxylation is 2. The predicted molar refractivity (Wildman–Crippen MR) is 110 cm³/mol. The lowest BCUT2D eigenvalue weighted by atomic mass is 10.0. The molecule has 1 aliphatic heterocycles. The van der Waals surface area contributed by atoms with E-state index in [2.05, 4.69) is 38.1 Å². The fourth-order valence-electron chi connectivity index (χ4n) is 4.09. The number of carbonyl (C=O) groups is 1. The monoisotopic (exact) mass is 402 g/mol. The van der Waals surface area contributed by atoms with E-state index in [0.717, 1.165) is 34.9 Å². The lowest BCUT2D eigenvalue weighted by Gasteiger charge is -2.22. The van der Waals surface area contributed by atoms with Gasteiger partial charge >= 0.3 is 0 Å². The van der Waals surface area contributed by atoms with Crippen molar-refractivity contribution in [2.24, 2.45) is 0 Å². The molecule has 8 nitrogen and oxygen atoms in total. The molecule has 1 saturated heterocycles. The minimum absolute atomic E-state index is 0.0656. The minimum Gasteiger partial charge on any atom is -0.464 e. The number of likely N-dealkylation sites (tertiary alicyclic amines) is 1. The van der Waals surface area contributed by atoms with E-state index in [0.29, 0.717) is 30.3 Å². The highest BCUT2D eigenvalue weighted by atomic mass is 16.3. The summed E-state index contributed by atoms with van der Waals surface area (Å²) in [5.41, 5.74) is 4.68. The van der Waals surface area contributed by atoms with Crippen molar-refractivity contribution in [3.63, 3.8) is 0 Å². The summed E-state index contributed by atoms with van der Waals surface area (Å²) in [6, 6.07) is 3.99. The van der Waals surface area contributed by atoms with Crippen LogP contribution in [0, 0.1) is 13.8 Å². The summed E-state index contributed by atoms with van der Waals surface area (Å²) in [7, 11) is 0. The molecule has 30 heavy (non-hydrogen) atoms. The van der Waals surface area contributed by atoms with E-state index in [9.17, 15) is 4.79 Å². The Morgan fingerprint density at radius 3 is 3.03 bits per heavy atom. The summed E-state index contributed by atoms with van der Waals surface area (Å²) >= 11 is 0. The molecule has 4 heterocycles. The van der Waals surface area contributed by atoms with Crippen molar-refractivity contribution in [3.8, 4) is 11.5 Å². The van der Waals surface area contributed by atoms with Crippen LogP contribution in [0.15, 0.2) is 41.4 Å². The molecule has 8 heteroatoms. The van der Waals surface area contributed by atoms with Gasteiger partial charge in [0.15, 0.2) is 0 Å². The SMILES string of the molecule is Cc1ccc2c(CC(=O)N3CCCC3c3nc(-c4cnccn4)n[nH]3)coc2c1C. The van der Waals surface area contributed by atoms with Crippen LogP contribution in [0.2, 0.25) is 0 Å². The van der Waals surface area contributed by atoms with Gasteiger partial charge in [0.25, 0.3) is 0 Å². The molecule has 1 N–H and O–H groups in total. The van der Waals surface area contributed by atoms with Gasteiger partial charge in [-0.2, -0.15) is 5.10 Å². The van der Waals surface area contributed by atoms with Gasteiger partial charge in [-0.05, 0) is 37.8 Å². The van der Waals surface area contributed by atoms with Gasteiger partial charge in [-0.15, -0.1) is 0 Å². The Balaban J connectivity index is 1.37. The van der Waals surface area contributed by atoms with Crippen molar-refractivity contribution in [2.75, 3.05) is 6.54 Å². The molecule has 4 aromatic rings. The Morgan fingerprint density at radius 2 is 2.20 bits per heavy atom. The molecule has 1 atom stereocenters. The van der Waals surface area contributed by atoms with Crippen LogP contribution in [0.1, 0.15) is 41.4 Å². The van der Waals surface area contributed by atoms with E-state index in [-0.39, 0.29) is 11.9 Å². The van der Waals surface area contributed by atoms with Gasteiger partial charge in [0.1, 0.15) is 17.1 Å². The average molecular weight is 402 g/mol. The number of benzene rings is 1. The van der Waals surface area contributed by atoms with Crippen molar-refractivity contribution >= 4 is 16.9 Å². The molecule has 3 aromatic heterocycles. The highest BCUT2D eigenvalue weighted by Gasteiger charge is 2.33. The first-order valence-corrected chi connectivity index (χ1v) is 10.1. The van der Waals surface area contributed by atoms with Crippen molar-refractivity contribution in [1.82, 2.24) is 30.0 Å². The quantitative estimate of drug-likeness (QED) is 0.560. The molecule has 0 spiro atoms. The Hall–Kier alpha value is -3.55. The number of amides is 1. The molecule has 1 fully saturated rings. The number of fused-ring (bicyclic) bond motifs is 1. The van der Waals surface area contributed by atoms with E-state index < -0.39 is 0 Å². The van der Waals surface area contributed by atoms with Gasteiger partial charge in [0, 0.05) is 29.9 Å². The molecule has 0 saturated carbocycles. The second-order valence-corrected chi connectivity index (χ2v) is 7.70. The maximum Gasteiger partial charge on any atom is 0.227 e. The molecule has 152 valence electrons. The summed E-state index contributed by atoms with van der Waals surface area (Å²) in [5.74, 6) is 1.24. The largest absolute Gasteiger partial charge is 0.464 e. The van der Waals surface area contributed by atoms with Crippen LogP contribution in [0.5, 0.6) is 0 Å². The predicted octanol–water partition coefficient (Wildman–Crippen LogP) is 3.53. The molecular weight excluding hydrogens is 380 g/mol. The molecule has 5 rings (SSSR count). The third-order valence-corrected chi connectivity index (χ3v) is 5.87. The van der Waals surface area contributed by atoms with Gasteiger partial charge in [-0.25, -0.2) is 9.97 Å². The standard InChI is InChI=1S/C22H22N6O2/c1-13-5-6-16-15(12-30-20(16)14(13)2)10-19(29)28-9-3-4-18(28)22-25-21(26-27-22)17-11-23-7-8-24-17/h5-8,11-12,18H,3-4,9-10H2,1-2H3,(H,25,26,27). The lowest BCUT2D eigenvalue weighted by molar-refractivity contribution is -0.131. The maximum atomic E-state index is 13.2. The van der Waals surface area contributed by atoms with E-state index in [1.165, 1.54) is 5.56 Å². The highest BCUT2D eigenvalue weighted by Crippen LogP contribution is 2.32. The number of rotatable bonds is 4. The van der Waals surface area contributed by atoms with Crippen molar-refractivity contribution in [2.45, 2.75) is 39.2 Å². The number of carbonyl (C=O) groups excluding carboxylic acids is 1. The van der Waals surface area contributed by atoms with Gasteiger partial charge in [0.2, 0.25) is 11.7 Å². The normalized spacial score (nSPS) is 16.5. The number of H-pyrrole nitrogens is 1. The average Bonchev–Trinajstić information content (AvgIpc) is 3.50. The van der Waals surface area contributed by atoms with E-state index >= 15 is 0 Å². The summed E-state index contributed by atoms with van der Waals surface area (Å²) in [6.07, 6.45) is 8.63. The first-order valence-electron chi connectivity index (χ1n) is 10.1. The zero-order chi connectivity index (χ0) is 20.7. The van der Waals surface area contributed by atoms with Crippen LogP contribution in [0.4, 0.5) is 0 Å². The Morgan fingerprint density at radius 1 is 1.30 bits per heavy atom. The third-order valence-electron chi connectivity index (χ3n) is 5.87. The second kappa shape index (κ2) is 7.37. The van der Waals surface area contributed by atoms with Crippen LogP contribution < -0.4 is 0 Å². The number of nitrogens with zero attached hydrogens (tertiary/aromatic N) is 5. The first kappa shape index (κ1) is 18.5. The second-order valence-electron chi connectivity index (χ2n) is 7.70. The number of nitrogens with one attached hydrogen (secondary N) is 1. The summed E-state index contributed by atoms with van der Waals surface area (Å²) in [6.45, 7) is 4.81. The van der Waals surface area contributed by atoms with E-state index in [1.54, 1.807) is 24.9 Å². The fourth-order valence-corrected chi connectivity index (χ4v) is 4.09. The Bertz CT molecular complexity index is 1210. The summed E-state index contributed by atoms with van der Waals surface area (Å²) < 4.78 is 5.78. The zero-order valence-electron chi connectivity index (χ0n) is 16.9. The topological polar surface area (TPSA) is 101 Å².